The zero-order valence-corrected chi connectivity index (χ0v) is 9.69. The van der Waals surface area contributed by atoms with Crippen LogP contribution in [0.2, 0.25) is 0 Å². The van der Waals surface area contributed by atoms with E-state index in [2.05, 4.69) is 0 Å². The zero-order valence-electron chi connectivity index (χ0n) is 7.53. The Bertz CT molecular complexity index is 374. The Labute approximate surface area is 95.3 Å². The van der Waals surface area contributed by atoms with Crippen LogP contribution in [0.4, 0.5) is 0 Å². The molecular weight excluding hydrogens is 295 g/mol. The summed E-state index contributed by atoms with van der Waals surface area (Å²) in [4.78, 5) is 21.2. The van der Waals surface area contributed by atoms with Gasteiger partial charge in [-0.2, -0.15) is 0 Å². The predicted molar refractivity (Wildman–Crippen MR) is 60.6 cm³/mol. The van der Waals surface area contributed by atoms with Crippen LogP contribution in [0, 0.1) is 3.57 Å². The number of hydrogen-bond donors (Lipinski definition) is 1. The first kappa shape index (κ1) is 11.2. The standard InChI is InChI=1S/C10H9IO3/c1-6(10(13)14)8-3-2-7(5-12)4-9(8)11/h2-6H,1H3,(H,13,14). The molecule has 0 aliphatic rings. The Morgan fingerprint density at radius 2 is 2.21 bits per heavy atom. The number of aldehydes is 1. The van der Waals surface area contributed by atoms with E-state index in [0.29, 0.717) is 5.56 Å². The maximum absolute atomic E-state index is 10.7. The number of halogens is 1. The quantitative estimate of drug-likeness (QED) is 0.688. The third kappa shape index (κ3) is 2.31. The van der Waals surface area contributed by atoms with Crippen molar-refractivity contribution in [1.82, 2.24) is 0 Å². The number of carboxylic acid groups (broad SMARTS) is 1. The summed E-state index contributed by atoms with van der Waals surface area (Å²) in [6.45, 7) is 1.63. The van der Waals surface area contributed by atoms with Crippen molar-refractivity contribution in [2.75, 3.05) is 0 Å². The van der Waals surface area contributed by atoms with E-state index >= 15 is 0 Å². The van der Waals surface area contributed by atoms with Crippen LogP contribution in [-0.4, -0.2) is 17.4 Å². The third-order valence-corrected chi connectivity index (χ3v) is 2.93. The summed E-state index contributed by atoms with van der Waals surface area (Å²) in [5.41, 5.74) is 1.31. The predicted octanol–water partition coefficient (Wildman–Crippen LogP) is 2.29. The van der Waals surface area contributed by atoms with Crippen molar-refractivity contribution in [3.8, 4) is 0 Å². The van der Waals surface area contributed by atoms with Gasteiger partial charge in [0.2, 0.25) is 0 Å². The van der Waals surface area contributed by atoms with E-state index in [9.17, 15) is 9.59 Å². The molecule has 0 spiro atoms. The number of carbonyl (C=O) groups is 2. The SMILES string of the molecule is CC(C(=O)O)c1ccc(C=O)cc1I. The van der Waals surface area contributed by atoms with E-state index in [1.807, 2.05) is 22.6 Å². The van der Waals surface area contributed by atoms with E-state index in [4.69, 9.17) is 5.11 Å². The Kier molecular flexibility index (Phi) is 3.62. The van der Waals surface area contributed by atoms with Crippen LogP contribution in [-0.2, 0) is 4.79 Å². The minimum absolute atomic E-state index is 0.539. The minimum atomic E-state index is -0.859. The van der Waals surface area contributed by atoms with Crippen molar-refractivity contribution >= 4 is 34.8 Å². The Balaban J connectivity index is 3.11. The first-order valence-corrected chi connectivity index (χ1v) is 5.11. The summed E-state index contributed by atoms with van der Waals surface area (Å²) in [5, 5.41) is 8.81. The van der Waals surface area contributed by atoms with Crippen LogP contribution in [0.3, 0.4) is 0 Å². The number of benzene rings is 1. The van der Waals surface area contributed by atoms with Crippen molar-refractivity contribution in [3.05, 3.63) is 32.9 Å². The second-order valence-electron chi connectivity index (χ2n) is 2.96. The molecule has 0 fully saturated rings. The average molecular weight is 304 g/mol. The van der Waals surface area contributed by atoms with Gasteiger partial charge in [0, 0.05) is 9.13 Å². The molecule has 1 aromatic carbocycles. The number of hydrogen-bond acceptors (Lipinski definition) is 2. The van der Waals surface area contributed by atoms with Gasteiger partial charge in [0.25, 0.3) is 0 Å². The molecule has 0 saturated carbocycles. The number of carbonyl (C=O) groups excluding carboxylic acids is 1. The fourth-order valence-electron chi connectivity index (χ4n) is 1.10. The molecule has 1 unspecified atom stereocenters. The average Bonchev–Trinajstić information content (AvgIpc) is 2.16. The Morgan fingerprint density at radius 1 is 1.57 bits per heavy atom. The topological polar surface area (TPSA) is 54.4 Å². The van der Waals surface area contributed by atoms with E-state index in [0.717, 1.165) is 15.4 Å². The normalized spacial score (nSPS) is 12.1. The van der Waals surface area contributed by atoms with E-state index < -0.39 is 11.9 Å². The summed E-state index contributed by atoms with van der Waals surface area (Å²) >= 11 is 2.04. The number of aliphatic carboxylic acids is 1. The molecule has 1 aromatic rings. The maximum atomic E-state index is 10.7. The number of carboxylic acids is 1. The number of rotatable bonds is 3. The lowest BCUT2D eigenvalue weighted by Crippen LogP contribution is -2.09. The molecule has 1 N–H and O–H groups in total. The molecule has 1 rings (SSSR count). The van der Waals surface area contributed by atoms with E-state index in [1.54, 1.807) is 25.1 Å². The van der Waals surface area contributed by atoms with Crippen LogP contribution in [0.25, 0.3) is 0 Å². The van der Waals surface area contributed by atoms with Crippen LogP contribution in [0.5, 0.6) is 0 Å². The van der Waals surface area contributed by atoms with Gasteiger partial charge in [-0.3, -0.25) is 9.59 Å². The summed E-state index contributed by atoms with van der Waals surface area (Å²) in [7, 11) is 0. The molecule has 0 aromatic heterocycles. The highest BCUT2D eigenvalue weighted by atomic mass is 127. The molecule has 0 radical (unpaired) electrons. The zero-order chi connectivity index (χ0) is 10.7. The van der Waals surface area contributed by atoms with Gasteiger partial charge in [-0.1, -0.05) is 12.1 Å². The van der Waals surface area contributed by atoms with Gasteiger partial charge in [0.05, 0.1) is 5.92 Å². The molecule has 3 nitrogen and oxygen atoms in total. The fourth-order valence-corrected chi connectivity index (χ4v) is 2.11. The van der Waals surface area contributed by atoms with Gasteiger partial charge in [-0.05, 0) is 41.1 Å². The van der Waals surface area contributed by atoms with Gasteiger partial charge in [-0.25, -0.2) is 0 Å². The van der Waals surface area contributed by atoms with Crippen molar-refractivity contribution in [3.63, 3.8) is 0 Å². The minimum Gasteiger partial charge on any atom is -0.481 e. The Morgan fingerprint density at radius 3 is 2.64 bits per heavy atom. The molecule has 0 saturated heterocycles. The van der Waals surface area contributed by atoms with E-state index in [-0.39, 0.29) is 0 Å². The fraction of sp³-hybridized carbons (Fsp3) is 0.200. The molecular formula is C10H9IO3. The molecule has 14 heavy (non-hydrogen) atoms. The highest BCUT2D eigenvalue weighted by Crippen LogP contribution is 2.22. The first-order chi connectivity index (χ1) is 6.56. The van der Waals surface area contributed by atoms with Gasteiger partial charge in [-0.15, -0.1) is 0 Å². The third-order valence-electron chi connectivity index (χ3n) is 2.00. The summed E-state index contributed by atoms with van der Waals surface area (Å²) in [6, 6.07) is 5.00. The largest absolute Gasteiger partial charge is 0.481 e. The smallest absolute Gasteiger partial charge is 0.310 e. The molecule has 0 bridgehead atoms. The summed E-state index contributed by atoms with van der Waals surface area (Å²) < 4.78 is 0.808. The van der Waals surface area contributed by atoms with Crippen LogP contribution in [0.15, 0.2) is 18.2 Å². The molecule has 0 heterocycles. The monoisotopic (exact) mass is 304 g/mol. The lowest BCUT2D eigenvalue weighted by atomic mass is 10.0. The van der Waals surface area contributed by atoms with Crippen molar-refractivity contribution in [2.45, 2.75) is 12.8 Å². The van der Waals surface area contributed by atoms with Crippen LogP contribution >= 0.6 is 22.6 Å². The van der Waals surface area contributed by atoms with Crippen molar-refractivity contribution < 1.29 is 14.7 Å². The lowest BCUT2D eigenvalue weighted by Gasteiger charge is -2.09. The molecule has 1 atom stereocenters. The van der Waals surface area contributed by atoms with Gasteiger partial charge >= 0.3 is 5.97 Å². The molecule has 0 amide bonds. The van der Waals surface area contributed by atoms with Crippen molar-refractivity contribution in [2.24, 2.45) is 0 Å². The molecule has 0 aliphatic carbocycles. The van der Waals surface area contributed by atoms with Crippen LogP contribution < -0.4 is 0 Å². The second kappa shape index (κ2) is 4.54. The summed E-state index contributed by atoms with van der Waals surface area (Å²) in [6.07, 6.45) is 0.747. The van der Waals surface area contributed by atoms with Crippen LogP contribution in [0.1, 0.15) is 28.8 Å². The first-order valence-electron chi connectivity index (χ1n) is 4.03. The molecule has 74 valence electrons. The van der Waals surface area contributed by atoms with Gasteiger partial charge < -0.3 is 5.11 Å². The molecule has 0 aliphatic heterocycles. The lowest BCUT2D eigenvalue weighted by molar-refractivity contribution is -0.138. The summed E-state index contributed by atoms with van der Waals surface area (Å²) in [5.74, 6) is -1.40. The van der Waals surface area contributed by atoms with Gasteiger partial charge in [0.1, 0.15) is 6.29 Å². The second-order valence-corrected chi connectivity index (χ2v) is 4.12. The highest BCUT2D eigenvalue weighted by molar-refractivity contribution is 14.1. The molecule has 4 heteroatoms. The van der Waals surface area contributed by atoms with Gasteiger partial charge in [0.15, 0.2) is 0 Å². The Hall–Kier alpha value is -0.910. The van der Waals surface area contributed by atoms with Crippen molar-refractivity contribution in [1.29, 1.82) is 0 Å². The maximum Gasteiger partial charge on any atom is 0.310 e. The highest BCUT2D eigenvalue weighted by Gasteiger charge is 2.16. The van der Waals surface area contributed by atoms with E-state index in [1.165, 1.54) is 0 Å².